The van der Waals surface area contributed by atoms with Gasteiger partial charge in [-0.15, -0.1) is 0 Å². The van der Waals surface area contributed by atoms with Crippen LogP contribution in [0.1, 0.15) is 27.7 Å². The third kappa shape index (κ3) is 3.59. The van der Waals surface area contributed by atoms with Gasteiger partial charge in [0.15, 0.2) is 0 Å². The topological polar surface area (TPSA) is 93.1 Å². The summed E-state index contributed by atoms with van der Waals surface area (Å²) in [7, 11) is 0. The molecule has 19 heavy (non-hydrogen) atoms. The molecule has 1 amide bonds. The van der Waals surface area contributed by atoms with Crippen molar-refractivity contribution < 1.29 is 29.0 Å². The summed E-state index contributed by atoms with van der Waals surface area (Å²) in [5, 5.41) is 8.97. The number of carboxylic acid groups (broad SMARTS) is 1. The number of esters is 1. The van der Waals surface area contributed by atoms with Gasteiger partial charge in [-0.25, -0.2) is 9.59 Å². The average Bonchev–Trinajstić information content (AvgIpc) is 2.11. The van der Waals surface area contributed by atoms with E-state index in [1.807, 2.05) is 0 Å². The highest BCUT2D eigenvalue weighted by Gasteiger charge is 2.52. The van der Waals surface area contributed by atoms with Crippen LogP contribution in [-0.2, 0) is 19.1 Å². The van der Waals surface area contributed by atoms with Gasteiger partial charge in [0, 0.05) is 6.54 Å². The molecule has 0 aliphatic carbocycles. The molecule has 0 bridgehead atoms. The zero-order chi connectivity index (χ0) is 14.8. The highest BCUT2D eigenvalue weighted by Crippen LogP contribution is 2.28. The Kier molecular flexibility index (Phi) is 4.39. The molecule has 0 aromatic heterocycles. The summed E-state index contributed by atoms with van der Waals surface area (Å²) >= 11 is 0. The quantitative estimate of drug-likeness (QED) is 0.767. The Morgan fingerprint density at radius 2 is 1.89 bits per heavy atom. The molecule has 7 heteroatoms. The molecule has 1 heterocycles. The molecule has 0 radical (unpaired) electrons. The first-order valence-corrected chi connectivity index (χ1v) is 6.06. The molecule has 0 unspecified atom stereocenters. The first kappa shape index (κ1) is 15.3. The van der Waals surface area contributed by atoms with E-state index in [-0.39, 0.29) is 13.2 Å². The summed E-state index contributed by atoms with van der Waals surface area (Å²) in [5.74, 6) is -2.78. The molecule has 0 aromatic rings. The highest BCUT2D eigenvalue weighted by molar-refractivity contribution is 5.90. The number of aliphatic carboxylic acids is 1. The average molecular weight is 273 g/mol. The highest BCUT2D eigenvalue weighted by atomic mass is 16.6. The molecule has 1 rings (SSSR count). The van der Waals surface area contributed by atoms with Crippen LogP contribution in [0.15, 0.2) is 0 Å². The Bertz CT molecular complexity index is 386. The summed E-state index contributed by atoms with van der Waals surface area (Å²) in [6.07, 6.45) is -0.706. The minimum Gasteiger partial charge on any atom is -0.481 e. The van der Waals surface area contributed by atoms with E-state index in [4.69, 9.17) is 14.6 Å². The van der Waals surface area contributed by atoms with E-state index in [2.05, 4.69) is 0 Å². The van der Waals surface area contributed by atoms with E-state index in [9.17, 15) is 14.4 Å². The van der Waals surface area contributed by atoms with Crippen molar-refractivity contribution in [1.29, 1.82) is 0 Å². The largest absolute Gasteiger partial charge is 0.481 e. The number of carboxylic acids is 1. The first-order chi connectivity index (χ1) is 8.67. The monoisotopic (exact) mass is 273 g/mol. The molecule has 1 saturated heterocycles. The molecule has 0 saturated carbocycles. The van der Waals surface area contributed by atoms with E-state index in [1.54, 1.807) is 27.7 Å². The molecule has 2 atom stereocenters. The van der Waals surface area contributed by atoms with Crippen molar-refractivity contribution in [2.45, 2.75) is 39.3 Å². The molecular formula is C12H19NO6. The minimum absolute atomic E-state index is 0.0479. The summed E-state index contributed by atoms with van der Waals surface area (Å²) < 4.78 is 9.90. The first-order valence-electron chi connectivity index (χ1n) is 6.06. The van der Waals surface area contributed by atoms with E-state index < -0.39 is 35.6 Å². The second-order valence-electron chi connectivity index (χ2n) is 5.27. The van der Waals surface area contributed by atoms with Gasteiger partial charge in [-0.2, -0.15) is 0 Å². The Morgan fingerprint density at radius 3 is 2.32 bits per heavy atom. The third-order valence-corrected chi connectivity index (χ3v) is 2.58. The van der Waals surface area contributed by atoms with Crippen LogP contribution in [-0.4, -0.2) is 52.8 Å². The van der Waals surface area contributed by atoms with Gasteiger partial charge < -0.3 is 14.6 Å². The Balaban J connectivity index is 2.76. The lowest BCUT2D eigenvalue weighted by Crippen LogP contribution is -2.65. The Hall–Kier alpha value is -1.79. The summed E-state index contributed by atoms with van der Waals surface area (Å²) in [6, 6.07) is -1.10. The summed E-state index contributed by atoms with van der Waals surface area (Å²) in [5.41, 5.74) is -0.704. The lowest BCUT2D eigenvalue weighted by atomic mass is 9.89. The Morgan fingerprint density at radius 1 is 1.32 bits per heavy atom. The van der Waals surface area contributed by atoms with Crippen molar-refractivity contribution in [2.75, 3.05) is 13.2 Å². The third-order valence-electron chi connectivity index (χ3n) is 2.58. The van der Waals surface area contributed by atoms with Crippen molar-refractivity contribution in [3.8, 4) is 0 Å². The smallest absolute Gasteiger partial charge is 0.411 e. The van der Waals surface area contributed by atoms with Crippen LogP contribution in [0.25, 0.3) is 0 Å². The van der Waals surface area contributed by atoms with Gasteiger partial charge in [-0.1, -0.05) is 0 Å². The predicted octanol–water partition coefficient (Wildman–Crippen LogP) is 0.870. The lowest BCUT2D eigenvalue weighted by Gasteiger charge is -2.43. The molecule has 1 aliphatic rings. The molecule has 1 aliphatic heterocycles. The molecular weight excluding hydrogens is 254 g/mol. The zero-order valence-corrected chi connectivity index (χ0v) is 11.5. The van der Waals surface area contributed by atoms with Crippen LogP contribution in [0.3, 0.4) is 0 Å². The molecule has 108 valence electrons. The molecule has 0 aromatic carbocycles. The molecule has 0 spiro atoms. The maximum atomic E-state index is 11.8. The molecule has 1 N–H and O–H groups in total. The zero-order valence-electron chi connectivity index (χ0n) is 11.5. The standard InChI is InChI=1S/C12H19NO6/c1-5-18-10(16)8-7(9(14)15)6-13(8)11(17)19-12(2,3)4/h7-8H,5-6H2,1-4H3,(H,14,15)/t7-,8-/m0/s1. The van der Waals surface area contributed by atoms with Gasteiger partial charge >= 0.3 is 18.0 Å². The van der Waals surface area contributed by atoms with Gasteiger partial charge in [-0.3, -0.25) is 9.69 Å². The number of likely N-dealkylation sites (tertiary alicyclic amines) is 1. The fourth-order valence-corrected chi connectivity index (χ4v) is 1.75. The predicted molar refractivity (Wildman–Crippen MR) is 64.5 cm³/mol. The lowest BCUT2D eigenvalue weighted by molar-refractivity contribution is -0.169. The Labute approximate surface area is 111 Å². The number of carbonyl (C=O) groups excluding carboxylic acids is 2. The van der Waals surface area contributed by atoms with Gasteiger partial charge in [0.05, 0.1) is 6.61 Å². The maximum absolute atomic E-state index is 11.8. The van der Waals surface area contributed by atoms with Crippen LogP contribution >= 0.6 is 0 Å². The van der Waals surface area contributed by atoms with Crippen molar-refractivity contribution in [3.05, 3.63) is 0 Å². The van der Waals surface area contributed by atoms with Gasteiger partial charge in [0.2, 0.25) is 0 Å². The van der Waals surface area contributed by atoms with E-state index >= 15 is 0 Å². The summed E-state index contributed by atoms with van der Waals surface area (Å²) in [6.45, 7) is 6.78. The number of amides is 1. The van der Waals surface area contributed by atoms with Gasteiger partial charge in [-0.05, 0) is 27.7 Å². The van der Waals surface area contributed by atoms with Crippen LogP contribution in [0.4, 0.5) is 4.79 Å². The molecule has 7 nitrogen and oxygen atoms in total. The SMILES string of the molecule is CCOC(=O)[C@@H]1[C@@H](C(=O)O)CN1C(=O)OC(C)(C)C. The van der Waals surface area contributed by atoms with E-state index in [0.717, 1.165) is 4.90 Å². The normalized spacial score (nSPS) is 22.4. The van der Waals surface area contributed by atoms with E-state index in [0.29, 0.717) is 0 Å². The number of nitrogens with zero attached hydrogens (tertiary/aromatic N) is 1. The minimum atomic E-state index is -1.13. The van der Waals surface area contributed by atoms with Crippen molar-refractivity contribution >= 4 is 18.0 Å². The fraction of sp³-hybridized carbons (Fsp3) is 0.750. The van der Waals surface area contributed by atoms with Crippen molar-refractivity contribution in [3.63, 3.8) is 0 Å². The second-order valence-corrected chi connectivity index (χ2v) is 5.27. The van der Waals surface area contributed by atoms with Gasteiger partial charge in [0.25, 0.3) is 0 Å². The van der Waals surface area contributed by atoms with E-state index in [1.165, 1.54) is 0 Å². The maximum Gasteiger partial charge on any atom is 0.411 e. The number of ether oxygens (including phenoxy) is 2. The van der Waals surface area contributed by atoms with Crippen LogP contribution in [0.2, 0.25) is 0 Å². The van der Waals surface area contributed by atoms with Crippen LogP contribution in [0.5, 0.6) is 0 Å². The molecule has 1 fully saturated rings. The number of hydrogen-bond donors (Lipinski definition) is 1. The fourth-order valence-electron chi connectivity index (χ4n) is 1.75. The van der Waals surface area contributed by atoms with Gasteiger partial charge in [0.1, 0.15) is 17.6 Å². The summed E-state index contributed by atoms with van der Waals surface area (Å²) in [4.78, 5) is 35.6. The number of hydrogen-bond acceptors (Lipinski definition) is 5. The van der Waals surface area contributed by atoms with Crippen molar-refractivity contribution in [2.24, 2.45) is 5.92 Å². The van der Waals surface area contributed by atoms with Crippen molar-refractivity contribution in [1.82, 2.24) is 4.90 Å². The van der Waals surface area contributed by atoms with Crippen LogP contribution < -0.4 is 0 Å². The number of rotatable bonds is 3. The van der Waals surface area contributed by atoms with Crippen LogP contribution in [0, 0.1) is 5.92 Å². The number of carbonyl (C=O) groups is 3. The second kappa shape index (κ2) is 5.46.